The highest BCUT2D eigenvalue weighted by Crippen LogP contribution is 2.39. The van der Waals surface area contributed by atoms with Gasteiger partial charge >= 0.3 is 0 Å². The number of amides is 2. The molecule has 0 unspecified atom stereocenters. The van der Waals surface area contributed by atoms with E-state index < -0.39 is 16.1 Å². The van der Waals surface area contributed by atoms with Gasteiger partial charge in [0.25, 0.3) is 16.8 Å². The summed E-state index contributed by atoms with van der Waals surface area (Å²) in [6, 6.07) is 21.6. The maximum Gasteiger partial charge on any atom is 0.293 e. The monoisotopic (exact) mass is 490 g/mol. The lowest BCUT2D eigenvalue weighted by Gasteiger charge is -2.13. The van der Waals surface area contributed by atoms with E-state index in [1.54, 1.807) is 0 Å². The minimum Gasteiger partial charge on any atom is -0.493 e. The number of methoxy groups -OCH3 is 1. The number of carbonyl (C=O) groups excluding carboxylic acids is 2. The third-order valence-electron chi connectivity index (χ3n) is 5.37. The maximum atomic E-state index is 12.9. The summed E-state index contributed by atoms with van der Waals surface area (Å²) in [7, 11) is 1.43. The molecule has 2 amide bonds. The molecule has 3 aromatic rings. The molecule has 1 aliphatic rings. The normalized spacial score (nSPS) is 14.4. The fourth-order valence-electron chi connectivity index (χ4n) is 3.57. The molecule has 9 heteroatoms. The van der Waals surface area contributed by atoms with Crippen molar-refractivity contribution < 1.29 is 24.0 Å². The van der Waals surface area contributed by atoms with Gasteiger partial charge in [-0.15, -0.1) is 0 Å². The zero-order valence-corrected chi connectivity index (χ0v) is 19.7. The largest absolute Gasteiger partial charge is 0.493 e. The van der Waals surface area contributed by atoms with Crippen molar-refractivity contribution in [1.29, 1.82) is 0 Å². The molecule has 0 aliphatic carbocycles. The van der Waals surface area contributed by atoms with E-state index in [0.29, 0.717) is 6.42 Å². The molecule has 0 atom stereocenters. The number of ether oxygens (including phenoxy) is 2. The fraction of sp³-hybridized carbons (Fsp3) is 0.154. The molecule has 3 aromatic carbocycles. The summed E-state index contributed by atoms with van der Waals surface area (Å²) < 4.78 is 11.2. The molecule has 1 heterocycles. The number of hydrogen-bond donors (Lipinski definition) is 0. The molecule has 1 aliphatic heterocycles. The molecule has 0 radical (unpaired) electrons. The Morgan fingerprint density at radius 3 is 2.26 bits per heavy atom. The van der Waals surface area contributed by atoms with Crippen LogP contribution in [0.4, 0.5) is 10.5 Å². The average Bonchev–Trinajstić information content (AvgIpc) is 3.14. The topological polar surface area (TPSA) is 99.0 Å². The van der Waals surface area contributed by atoms with Crippen LogP contribution in [0, 0.1) is 10.1 Å². The molecule has 8 nitrogen and oxygen atoms in total. The Morgan fingerprint density at radius 1 is 0.971 bits per heavy atom. The van der Waals surface area contributed by atoms with Gasteiger partial charge in [0.15, 0.2) is 11.5 Å². The number of thioether (sulfide) groups is 1. The number of imide groups is 1. The number of benzene rings is 3. The molecule has 0 aromatic heterocycles. The molecule has 4 rings (SSSR count). The standard InChI is InChI=1S/C26H22N2O6S/c1-33-22-14-20(21(28(31)32)16-23(22)34-17-19-10-6-3-7-11-19)15-24-25(29)27(26(30)35-24)13-12-18-8-4-2-5-9-18/h2-11,14-16H,12-13,17H2,1H3/b24-15+. The second kappa shape index (κ2) is 10.9. The number of nitro benzene ring substituents is 1. The SMILES string of the molecule is COc1cc(/C=C2/SC(=O)N(CCc3ccccc3)C2=O)c([N+](=O)[O-])cc1OCc1ccccc1. The van der Waals surface area contributed by atoms with E-state index in [-0.39, 0.29) is 40.8 Å². The first-order chi connectivity index (χ1) is 17.0. The van der Waals surface area contributed by atoms with Crippen LogP contribution >= 0.6 is 11.8 Å². The van der Waals surface area contributed by atoms with E-state index in [1.165, 1.54) is 25.3 Å². The lowest BCUT2D eigenvalue weighted by atomic mass is 10.1. The van der Waals surface area contributed by atoms with Gasteiger partial charge in [0.1, 0.15) is 6.61 Å². The van der Waals surface area contributed by atoms with Gasteiger partial charge in [0, 0.05) is 6.54 Å². The predicted octanol–water partition coefficient (Wildman–Crippen LogP) is 5.46. The van der Waals surface area contributed by atoms with Gasteiger partial charge in [-0.25, -0.2) is 0 Å². The molecular weight excluding hydrogens is 468 g/mol. The third kappa shape index (κ3) is 5.70. The Morgan fingerprint density at radius 2 is 1.63 bits per heavy atom. The first-order valence-corrected chi connectivity index (χ1v) is 11.6. The number of carbonyl (C=O) groups is 2. The third-order valence-corrected chi connectivity index (χ3v) is 6.28. The van der Waals surface area contributed by atoms with Gasteiger partial charge in [-0.05, 0) is 41.5 Å². The lowest BCUT2D eigenvalue weighted by molar-refractivity contribution is -0.385. The Hall–Kier alpha value is -4.11. The summed E-state index contributed by atoms with van der Waals surface area (Å²) in [5.74, 6) is 0.00542. The smallest absolute Gasteiger partial charge is 0.293 e. The first-order valence-electron chi connectivity index (χ1n) is 10.8. The number of nitro groups is 1. The van der Waals surface area contributed by atoms with Crippen LogP contribution in [0.2, 0.25) is 0 Å². The summed E-state index contributed by atoms with van der Waals surface area (Å²) >= 11 is 0.761. The highest BCUT2D eigenvalue weighted by atomic mass is 32.2. The molecule has 0 spiro atoms. The summed E-state index contributed by atoms with van der Waals surface area (Å²) in [6.45, 7) is 0.428. The van der Waals surface area contributed by atoms with Crippen LogP contribution in [0.25, 0.3) is 6.08 Å². The fourth-order valence-corrected chi connectivity index (χ4v) is 4.42. The van der Waals surface area contributed by atoms with E-state index >= 15 is 0 Å². The second-order valence-electron chi connectivity index (χ2n) is 7.66. The quantitative estimate of drug-likeness (QED) is 0.223. The van der Waals surface area contributed by atoms with E-state index in [0.717, 1.165) is 27.8 Å². The highest BCUT2D eigenvalue weighted by molar-refractivity contribution is 8.18. The summed E-state index contributed by atoms with van der Waals surface area (Å²) in [6.07, 6.45) is 1.88. The Balaban J connectivity index is 1.57. The number of hydrogen-bond acceptors (Lipinski definition) is 7. The van der Waals surface area contributed by atoms with Crippen LogP contribution in [0.1, 0.15) is 16.7 Å². The van der Waals surface area contributed by atoms with E-state index in [4.69, 9.17) is 9.47 Å². The van der Waals surface area contributed by atoms with Gasteiger partial charge in [-0.2, -0.15) is 0 Å². The maximum absolute atomic E-state index is 12.9. The molecule has 0 saturated carbocycles. The Bertz CT molecular complexity index is 1280. The van der Waals surface area contributed by atoms with Crippen LogP contribution in [0.3, 0.4) is 0 Å². The zero-order chi connectivity index (χ0) is 24.8. The van der Waals surface area contributed by atoms with Crippen molar-refractivity contribution in [2.45, 2.75) is 13.0 Å². The minimum atomic E-state index is -0.555. The Labute approximate surface area is 206 Å². The van der Waals surface area contributed by atoms with Crippen molar-refractivity contribution in [1.82, 2.24) is 4.90 Å². The van der Waals surface area contributed by atoms with Crippen molar-refractivity contribution in [3.63, 3.8) is 0 Å². The van der Waals surface area contributed by atoms with Crippen LogP contribution in [0.5, 0.6) is 11.5 Å². The molecular formula is C26H22N2O6S. The lowest BCUT2D eigenvalue weighted by Crippen LogP contribution is -2.30. The van der Waals surface area contributed by atoms with Gasteiger partial charge in [0.2, 0.25) is 0 Å². The van der Waals surface area contributed by atoms with Gasteiger partial charge in [0.05, 0.1) is 28.6 Å². The molecule has 178 valence electrons. The predicted molar refractivity (Wildman–Crippen MR) is 133 cm³/mol. The molecule has 35 heavy (non-hydrogen) atoms. The van der Waals surface area contributed by atoms with E-state index in [2.05, 4.69) is 0 Å². The number of nitrogens with zero attached hydrogens (tertiary/aromatic N) is 2. The Kier molecular flexibility index (Phi) is 7.47. The van der Waals surface area contributed by atoms with Crippen molar-refractivity contribution in [2.75, 3.05) is 13.7 Å². The highest BCUT2D eigenvalue weighted by Gasteiger charge is 2.35. The summed E-state index contributed by atoms with van der Waals surface area (Å²) in [4.78, 5) is 37.9. The van der Waals surface area contributed by atoms with Crippen molar-refractivity contribution in [3.8, 4) is 11.5 Å². The van der Waals surface area contributed by atoms with Crippen LogP contribution < -0.4 is 9.47 Å². The molecule has 1 saturated heterocycles. The van der Waals surface area contributed by atoms with Crippen molar-refractivity contribution in [2.24, 2.45) is 0 Å². The van der Waals surface area contributed by atoms with Crippen molar-refractivity contribution in [3.05, 3.63) is 105 Å². The van der Waals surface area contributed by atoms with Crippen LogP contribution in [-0.4, -0.2) is 34.6 Å². The van der Waals surface area contributed by atoms with Gasteiger partial charge in [-0.3, -0.25) is 24.6 Å². The summed E-state index contributed by atoms with van der Waals surface area (Å²) in [5.41, 5.74) is 1.78. The zero-order valence-electron chi connectivity index (χ0n) is 18.9. The first kappa shape index (κ1) is 24.0. The van der Waals surface area contributed by atoms with Crippen molar-refractivity contribution >= 4 is 34.7 Å². The van der Waals surface area contributed by atoms with Gasteiger partial charge in [-0.1, -0.05) is 60.7 Å². The minimum absolute atomic E-state index is 0.117. The summed E-state index contributed by atoms with van der Waals surface area (Å²) in [5, 5.41) is 11.4. The molecule has 0 bridgehead atoms. The van der Waals surface area contributed by atoms with E-state index in [1.807, 2.05) is 60.7 Å². The molecule has 1 fully saturated rings. The van der Waals surface area contributed by atoms with Crippen LogP contribution in [0.15, 0.2) is 77.7 Å². The average molecular weight is 491 g/mol. The van der Waals surface area contributed by atoms with Crippen LogP contribution in [-0.2, 0) is 17.8 Å². The van der Waals surface area contributed by atoms with E-state index in [9.17, 15) is 19.7 Å². The second-order valence-corrected chi connectivity index (χ2v) is 8.66. The molecule has 0 N–H and O–H groups in total. The van der Waals surface area contributed by atoms with Gasteiger partial charge < -0.3 is 9.47 Å². The number of rotatable bonds is 9.